The van der Waals surface area contributed by atoms with Crippen molar-refractivity contribution in [1.82, 2.24) is 20.5 Å². The molecule has 4 heterocycles. The summed E-state index contributed by atoms with van der Waals surface area (Å²) in [6.45, 7) is 4.59. The van der Waals surface area contributed by atoms with Crippen LogP contribution in [0.1, 0.15) is 30.5 Å². The van der Waals surface area contributed by atoms with Crippen LogP contribution in [-0.4, -0.2) is 48.0 Å². The second-order valence-corrected chi connectivity index (χ2v) is 8.55. The highest BCUT2D eigenvalue weighted by Crippen LogP contribution is 2.38. The highest BCUT2D eigenvalue weighted by atomic mass is 35.5. The number of rotatable bonds is 1. The van der Waals surface area contributed by atoms with Crippen LogP contribution in [0.2, 0.25) is 5.02 Å². The van der Waals surface area contributed by atoms with Gasteiger partial charge in [0.15, 0.2) is 0 Å². The molecule has 0 radical (unpaired) electrons. The van der Waals surface area contributed by atoms with Gasteiger partial charge in [-0.1, -0.05) is 23.7 Å². The first-order chi connectivity index (χ1) is 12.7. The van der Waals surface area contributed by atoms with Gasteiger partial charge in [0.1, 0.15) is 0 Å². The Kier molecular flexibility index (Phi) is 3.99. The van der Waals surface area contributed by atoms with E-state index in [9.17, 15) is 4.79 Å². The Morgan fingerprint density at radius 3 is 2.96 bits per heavy atom. The van der Waals surface area contributed by atoms with Crippen LogP contribution < -0.4 is 10.6 Å². The topological polar surface area (TPSA) is 60.2 Å². The quantitative estimate of drug-likeness (QED) is 0.720. The van der Waals surface area contributed by atoms with E-state index in [-0.39, 0.29) is 11.9 Å². The number of aromatic amines is 1. The number of piperidine rings is 1. The molecular weight excluding hydrogens is 348 g/mol. The van der Waals surface area contributed by atoms with Crippen LogP contribution in [0.4, 0.5) is 0 Å². The van der Waals surface area contributed by atoms with Crippen molar-refractivity contribution in [3.8, 4) is 0 Å². The van der Waals surface area contributed by atoms with E-state index < -0.39 is 0 Å². The van der Waals surface area contributed by atoms with Crippen molar-refractivity contribution in [3.63, 3.8) is 0 Å². The molecule has 5 rings (SSSR count). The van der Waals surface area contributed by atoms with Crippen LogP contribution >= 0.6 is 11.6 Å². The Morgan fingerprint density at radius 1 is 1.27 bits per heavy atom. The average Bonchev–Trinajstić information content (AvgIpc) is 3.24. The minimum atomic E-state index is -0.0246. The number of amides is 1. The van der Waals surface area contributed by atoms with Crippen LogP contribution in [0, 0.1) is 5.41 Å². The fourth-order valence-electron chi connectivity index (χ4n) is 5.04. The number of carbonyl (C=O) groups is 1. The number of benzene rings is 1. The molecule has 2 fully saturated rings. The first kappa shape index (κ1) is 16.6. The maximum absolute atomic E-state index is 13.2. The van der Waals surface area contributed by atoms with E-state index >= 15 is 0 Å². The third-order valence-corrected chi connectivity index (χ3v) is 6.91. The van der Waals surface area contributed by atoms with Crippen molar-refractivity contribution in [2.45, 2.75) is 38.3 Å². The van der Waals surface area contributed by atoms with Gasteiger partial charge in [-0.15, -0.1) is 0 Å². The number of nitrogens with zero attached hydrogens (tertiary/aromatic N) is 1. The summed E-state index contributed by atoms with van der Waals surface area (Å²) in [5.74, 6) is 0.266. The fourth-order valence-corrected chi connectivity index (χ4v) is 5.26. The summed E-state index contributed by atoms with van der Waals surface area (Å²) in [7, 11) is 0. The standard InChI is InChI=1S/C20H25ClN4O/c21-15-3-1-2-13-14-11-25(9-4-16(14)24-18(13)15)19(26)17-10-20(12-23-17)5-7-22-8-6-20/h1-3,17,22-24H,4-12H2/t17-/m0/s1. The molecule has 1 spiro atoms. The number of hydrogen-bond donors (Lipinski definition) is 3. The molecule has 1 aromatic carbocycles. The zero-order chi connectivity index (χ0) is 17.7. The van der Waals surface area contributed by atoms with E-state index in [2.05, 4.69) is 21.7 Å². The molecule has 1 amide bonds. The van der Waals surface area contributed by atoms with E-state index in [1.807, 2.05) is 17.0 Å². The van der Waals surface area contributed by atoms with Crippen LogP contribution in [0.25, 0.3) is 10.9 Å². The predicted molar refractivity (Wildman–Crippen MR) is 103 cm³/mol. The van der Waals surface area contributed by atoms with E-state index in [0.29, 0.717) is 12.0 Å². The molecule has 1 aromatic heterocycles. The third kappa shape index (κ3) is 2.65. The number of aromatic nitrogens is 1. The van der Waals surface area contributed by atoms with Crippen molar-refractivity contribution in [1.29, 1.82) is 0 Å². The van der Waals surface area contributed by atoms with Crippen molar-refractivity contribution < 1.29 is 4.79 Å². The van der Waals surface area contributed by atoms with Gasteiger partial charge in [-0.05, 0) is 43.8 Å². The molecule has 0 bridgehead atoms. The number of carbonyl (C=O) groups excluding carboxylic acids is 1. The van der Waals surface area contributed by atoms with E-state index in [4.69, 9.17) is 11.6 Å². The number of halogens is 1. The van der Waals surface area contributed by atoms with Crippen LogP contribution in [0.3, 0.4) is 0 Å². The maximum Gasteiger partial charge on any atom is 0.240 e. The van der Waals surface area contributed by atoms with Gasteiger partial charge in [-0.2, -0.15) is 0 Å². The van der Waals surface area contributed by atoms with Gasteiger partial charge >= 0.3 is 0 Å². The lowest BCUT2D eigenvalue weighted by Crippen LogP contribution is -2.45. The van der Waals surface area contributed by atoms with Crippen molar-refractivity contribution in [3.05, 3.63) is 34.5 Å². The minimum Gasteiger partial charge on any atom is -0.357 e. The van der Waals surface area contributed by atoms with Crippen molar-refractivity contribution in [2.75, 3.05) is 26.2 Å². The average molecular weight is 373 g/mol. The fraction of sp³-hybridized carbons (Fsp3) is 0.550. The molecule has 0 saturated carbocycles. The molecular formula is C20H25ClN4O. The Bertz CT molecular complexity index is 855. The van der Waals surface area contributed by atoms with Gasteiger partial charge in [-0.25, -0.2) is 0 Å². The Balaban J connectivity index is 1.35. The molecule has 5 nitrogen and oxygen atoms in total. The second-order valence-electron chi connectivity index (χ2n) is 8.14. The summed E-state index contributed by atoms with van der Waals surface area (Å²) < 4.78 is 0. The molecule has 1 atom stereocenters. The normalized spacial score (nSPS) is 25.0. The zero-order valence-electron chi connectivity index (χ0n) is 14.9. The Labute approximate surface area is 158 Å². The molecule has 138 valence electrons. The molecule has 3 aliphatic heterocycles. The van der Waals surface area contributed by atoms with Gasteiger partial charge in [0.05, 0.1) is 16.6 Å². The first-order valence-electron chi connectivity index (χ1n) is 9.66. The number of hydrogen-bond acceptors (Lipinski definition) is 3. The third-order valence-electron chi connectivity index (χ3n) is 6.59. The molecule has 0 aliphatic carbocycles. The maximum atomic E-state index is 13.2. The zero-order valence-corrected chi connectivity index (χ0v) is 15.7. The van der Waals surface area contributed by atoms with Crippen LogP contribution in [0.5, 0.6) is 0 Å². The molecule has 3 aliphatic rings. The predicted octanol–water partition coefficient (Wildman–Crippen LogP) is 2.44. The SMILES string of the molecule is O=C([C@@H]1CC2(CCNCC2)CN1)N1CCc2[nH]c3c(Cl)cccc3c2C1. The highest BCUT2D eigenvalue weighted by Gasteiger charge is 2.43. The molecule has 2 saturated heterocycles. The summed E-state index contributed by atoms with van der Waals surface area (Å²) in [5.41, 5.74) is 3.78. The van der Waals surface area contributed by atoms with Crippen LogP contribution in [-0.2, 0) is 17.8 Å². The first-order valence-corrected chi connectivity index (χ1v) is 10.0. The monoisotopic (exact) mass is 372 g/mol. The van der Waals surface area contributed by atoms with Crippen molar-refractivity contribution in [2.24, 2.45) is 5.41 Å². The Hall–Kier alpha value is -1.56. The summed E-state index contributed by atoms with van der Waals surface area (Å²) in [6.07, 6.45) is 4.20. The van der Waals surface area contributed by atoms with Gasteiger partial charge in [0.2, 0.25) is 5.91 Å². The highest BCUT2D eigenvalue weighted by molar-refractivity contribution is 6.35. The summed E-state index contributed by atoms with van der Waals surface area (Å²) in [5, 5.41) is 8.87. The molecule has 2 aromatic rings. The van der Waals surface area contributed by atoms with Crippen LogP contribution in [0.15, 0.2) is 18.2 Å². The van der Waals surface area contributed by atoms with E-state index in [0.717, 1.165) is 54.9 Å². The van der Waals surface area contributed by atoms with Gasteiger partial charge < -0.3 is 20.5 Å². The lowest BCUT2D eigenvalue weighted by Gasteiger charge is -2.34. The smallest absolute Gasteiger partial charge is 0.240 e. The summed E-state index contributed by atoms with van der Waals surface area (Å²) in [4.78, 5) is 18.7. The molecule has 0 unspecified atom stereocenters. The van der Waals surface area contributed by atoms with E-state index in [1.54, 1.807) is 0 Å². The van der Waals surface area contributed by atoms with Crippen molar-refractivity contribution >= 4 is 28.4 Å². The Morgan fingerprint density at radius 2 is 2.12 bits per heavy atom. The lowest BCUT2D eigenvalue weighted by atomic mass is 9.77. The largest absolute Gasteiger partial charge is 0.357 e. The molecule has 6 heteroatoms. The summed E-state index contributed by atoms with van der Waals surface area (Å²) in [6, 6.07) is 5.97. The molecule has 26 heavy (non-hydrogen) atoms. The number of fused-ring (bicyclic) bond motifs is 3. The number of nitrogens with one attached hydrogen (secondary N) is 3. The van der Waals surface area contributed by atoms with E-state index in [1.165, 1.54) is 24.1 Å². The second kappa shape index (κ2) is 6.25. The van der Waals surface area contributed by atoms with Gasteiger partial charge in [-0.3, -0.25) is 4.79 Å². The number of para-hydroxylation sites is 1. The number of H-pyrrole nitrogens is 1. The summed E-state index contributed by atoms with van der Waals surface area (Å²) >= 11 is 6.33. The lowest BCUT2D eigenvalue weighted by molar-refractivity contribution is -0.134. The molecule has 3 N–H and O–H groups in total. The minimum absolute atomic E-state index is 0.0246. The van der Waals surface area contributed by atoms with Gasteiger partial charge in [0, 0.05) is 42.7 Å². The van der Waals surface area contributed by atoms with Gasteiger partial charge in [0.25, 0.3) is 0 Å².